The van der Waals surface area contributed by atoms with E-state index in [0.717, 1.165) is 29.9 Å². The molecule has 0 aliphatic carbocycles. The Morgan fingerprint density at radius 3 is 2.85 bits per heavy atom. The lowest BCUT2D eigenvalue weighted by Gasteiger charge is -2.15. The van der Waals surface area contributed by atoms with Crippen molar-refractivity contribution >= 4 is 24.0 Å². The van der Waals surface area contributed by atoms with Gasteiger partial charge < -0.3 is 15.4 Å². The highest BCUT2D eigenvalue weighted by atomic mass is 35.5. The molecular weight excluding hydrogens is 373 g/mol. The largest absolute Gasteiger partial charge is 0.492 e. The van der Waals surface area contributed by atoms with Crippen LogP contribution in [0.4, 0.5) is 18.9 Å². The number of hydrogen-bond acceptors (Lipinski definition) is 4. The van der Waals surface area contributed by atoms with Crippen molar-refractivity contribution in [2.75, 3.05) is 18.5 Å². The molecule has 0 unspecified atom stereocenters. The average Bonchev–Trinajstić information content (AvgIpc) is 3.00. The van der Waals surface area contributed by atoms with Gasteiger partial charge in [0.1, 0.15) is 5.75 Å². The van der Waals surface area contributed by atoms with Crippen LogP contribution in [0.5, 0.6) is 5.75 Å². The van der Waals surface area contributed by atoms with Crippen LogP contribution in [0, 0.1) is 0 Å². The van der Waals surface area contributed by atoms with Crippen molar-refractivity contribution in [2.24, 2.45) is 0 Å². The van der Waals surface area contributed by atoms with Crippen LogP contribution in [-0.2, 0) is 19.1 Å². The molecule has 0 spiro atoms. The molecule has 1 aliphatic rings. The molecule has 1 aromatic heterocycles. The summed E-state index contributed by atoms with van der Waals surface area (Å²) in [5.74, 6) is -0.409. The second-order valence-corrected chi connectivity index (χ2v) is 5.55. The first-order valence-electron chi connectivity index (χ1n) is 7.82. The summed E-state index contributed by atoms with van der Waals surface area (Å²) in [7, 11) is 0. The molecule has 2 heterocycles. The second kappa shape index (κ2) is 7.96. The van der Waals surface area contributed by atoms with Gasteiger partial charge in [-0.25, -0.2) is 0 Å². The summed E-state index contributed by atoms with van der Waals surface area (Å²) in [6, 6.07) is 2.98. The van der Waals surface area contributed by atoms with Crippen LogP contribution in [0.15, 0.2) is 18.2 Å². The van der Waals surface area contributed by atoms with E-state index in [1.807, 2.05) is 0 Å². The Hall–Kier alpha value is -2.26. The maximum atomic E-state index is 12.9. The third-order valence-electron chi connectivity index (χ3n) is 3.88. The van der Waals surface area contributed by atoms with E-state index in [1.165, 1.54) is 6.07 Å². The number of carbonyl (C=O) groups excluding carboxylic acids is 1. The van der Waals surface area contributed by atoms with Crippen molar-refractivity contribution in [3.8, 4) is 5.75 Å². The molecule has 1 aliphatic heterocycles. The number of carbonyl (C=O) groups is 1. The molecule has 3 rings (SSSR count). The fourth-order valence-electron chi connectivity index (χ4n) is 2.68. The third kappa shape index (κ3) is 4.10. The first-order chi connectivity index (χ1) is 11.9. The van der Waals surface area contributed by atoms with Gasteiger partial charge in [-0.1, -0.05) is 0 Å². The number of fused-ring (bicyclic) bond motifs is 1. The highest BCUT2D eigenvalue weighted by Crippen LogP contribution is 2.35. The first kappa shape index (κ1) is 20.1. The monoisotopic (exact) mass is 390 g/mol. The number of hydrogen-bond donors (Lipinski definition) is 3. The highest BCUT2D eigenvalue weighted by molar-refractivity contribution is 6.04. The van der Waals surface area contributed by atoms with Crippen LogP contribution in [0.1, 0.15) is 34.2 Å². The Morgan fingerprint density at radius 2 is 2.15 bits per heavy atom. The van der Waals surface area contributed by atoms with Crippen molar-refractivity contribution in [2.45, 2.75) is 26.1 Å². The Labute approximate surface area is 153 Å². The number of nitrogens with one attached hydrogen (secondary N) is 3. The predicted molar refractivity (Wildman–Crippen MR) is 91.8 cm³/mol. The summed E-state index contributed by atoms with van der Waals surface area (Å²) < 4.78 is 44.1. The number of H-pyrrole nitrogens is 1. The summed E-state index contributed by atoms with van der Waals surface area (Å²) in [6.07, 6.45) is -3.80. The van der Waals surface area contributed by atoms with E-state index in [4.69, 9.17) is 4.74 Å². The molecule has 142 valence electrons. The van der Waals surface area contributed by atoms with E-state index in [1.54, 1.807) is 6.92 Å². The first-order valence-corrected chi connectivity index (χ1v) is 7.82. The number of benzene rings is 1. The Kier molecular flexibility index (Phi) is 6.14. The molecule has 6 nitrogen and oxygen atoms in total. The fraction of sp³-hybridized carbons (Fsp3) is 0.375. The van der Waals surface area contributed by atoms with Crippen LogP contribution < -0.4 is 15.4 Å². The molecule has 10 heteroatoms. The van der Waals surface area contributed by atoms with Crippen LogP contribution in [0.2, 0.25) is 0 Å². The van der Waals surface area contributed by atoms with Crippen molar-refractivity contribution in [3.05, 3.63) is 40.7 Å². The van der Waals surface area contributed by atoms with Gasteiger partial charge in [0.25, 0.3) is 5.91 Å². The topological polar surface area (TPSA) is 79.0 Å². The summed E-state index contributed by atoms with van der Waals surface area (Å²) >= 11 is 0. The smallest absolute Gasteiger partial charge is 0.416 e. The summed E-state index contributed by atoms with van der Waals surface area (Å²) in [5.41, 5.74) is 0.855. The number of anilines is 1. The van der Waals surface area contributed by atoms with Gasteiger partial charge in [-0.05, 0) is 25.1 Å². The number of aromatic nitrogens is 2. The standard InChI is InChI=1S/C16H17F3N4O2.ClH/c1-2-25-13-4-3-9(16(17,18)19)7-12(13)21-15(24)14-10-8-20-6-5-11(10)22-23-14;/h3-4,7,20H,2,5-6,8H2,1H3,(H,21,24)(H,22,23);1H. The zero-order chi connectivity index (χ0) is 18.0. The van der Waals surface area contributed by atoms with E-state index < -0.39 is 17.6 Å². The van der Waals surface area contributed by atoms with Gasteiger partial charge in [0.05, 0.1) is 17.9 Å². The van der Waals surface area contributed by atoms with Crippen molar-refractivity contribution < 1.29 is 22.7 Å². The van der Waals surface area contributed by atoms with Gasteiger partial charge in [0, 0.05) is 30.8 Å². The fourth-order valence-corrected chi connectivity index (χ4v) is 2.68. The molecular formula is C16H18ClF3N4O2. The molecule has 26 heavy (non-hydrogen) atoms. The lowest BCUT2D eigenvalue weighted by molar-refractivity contribution is -0.137. The predicted octanol–water partition coefficient (Wildman–Crippen LogP) is 3.15. The van der Waals surface area contributed by atoms with Crippen LogP contribution >= 0.6 is 12.4 Å². The van der Waals surface area contributed by atoms with E-state index in [0.29, 0.717) is 13.0 Å². The molecule has 0 bridgehead atoms. The second-order valence-electron chi connectivity index (χ2n) is 5.55. The van der Waals surface area contributed by atoms with Gasteiger partial charge in [-0.2, -0.15) is 18.3 Å². The SMILES string of the molecule is CCOc1ccc(C(F)(F)F)cc1NC(=O)c1n[nH]c2c1CNCC2.Cl. The van der Waals surface area contributed by atoms with E-state index >= 15 is 0 Å². The molecule has 1 amide bonds. The number of halogens is 4. The maximum Gasteiger partial charge on any atom is 0.416 e. The van der Waals surface area contributed by atoms with E-state index in [-0.39, 0.29) is 36.1 Å². The zero-order valence-corrected chi connectivity index (χ0v) is 14.7. The van der Waals surface area contributed by atoms with Gasteiger partial charge in [0.15, 0.2) is 5.69 Å². The zero-order valence-electron chi connectivity index (χ0n) is 13.9. The minimum absolute atomic E-state index is 0. The highest BCUT2D eigenvalue weighted by Gasteiger charge is 2.32. The summed E-state index contributed by atoms with van der Waals surface area (Å²) in [6.45, 7) is 3.23. The minimum Gasteiger partial charge on any atom is -0.492 e. The van der Waals surface area contributed by atoms with Gasteiger partial charge >= 0.3 is 6.18 Å². The van der Waals surface area contributed by atoms with Crippen molar-refractivity contribution in [1.29, 1.82) is 0 Å². The molecule has 0 fully saturated rings. The van der Waals surface area contributed by atoms with Crippen molar-refractivity contribution in [1.82, 2.24) is 15.5 Å². The average molecular weight is 391 g/mol. The lowest BCUT2D eigenvalue weighted by Crippen LogP contribution is -2.25. The Balaban J connectivity index is 0.00000243. The number of alkyl halides is 3. The Morgan fingerprint density at radius 1 is 1.38 bits per heavy atom. The Bertz CT molecular complexity index is 792. The number of rotatable bonds is 4. The molecule has 0 atom stereocenters. The molecule has 1 aromatic carbocycles. The summed E-state index contributed by atoms with van der Waals surface area (Å²) in [5, 5.41) is 12.4. The third-order valence-corrected chi connectivity index (χ3v) is 3.88. The molecule has 0 saturated heterocycles. The minimum atomic E-state index is -4.51. The van der Waals surface area contributed by atoms with Gasteiger partial charge in [0.2, 0.25) is 0 Å². The number of ether oxygens (including phenoxy) is 1. The van der Waals surface area contributed by atoms with Crippen LogP contribution in [-0.4, -0.2) is 29.3 Å². The van der Waals surface area contributed by atoms with Gasteiger partial charge in [-0.15, -0.1) is 12.4 Å². The maximum absolute atomic E-state index is 12.9. The van der Waals surface area contributed by atoms with Crippen molar-refractivity contribution in [3.63, 3.8) is 0 Å². The molecule has 0 saturated carbocycles. The van der Waals surface area contributed by atoms with Crippen LogP contribution in [0.3, 0.4) is 0 Å². The molecule has 2 aromatic rings. The van der Waals surface area contributed by atoms with Crippen LogP contribution in [0.25, 0.3) is 0 Å². The molecule has 3 N–H and O–H groups in total. The summed E-state index contributed by atoms with van der Waals surface area (Å²) in [4.78, 5) is 12.5. The van der Waals surface area contributed by atoms with E-state index in [9.17, 15) is 18.0 Å². The normalized spacial score (nSPS) is 13.5. The quantitative estimate of drug-likeness (QED) is 0.749. The number of aromatic amines is 1. The van der Waals surface area contributed by atoms with Gasteiger partial charge in [-0.3, -0.25) is 9.89 Å². The number of nitrogens with zero attached hydrogens (tertiary/aromatic N) is 1. The lowest BCUT2D eigenvalue weighted by atomic mass is 10.1. The number of amides is 1. The molecule has 0 radical (unpaired) electrons. The van der Waals surface area contributed by atoms with E-state index in [2.05, 4.69) is 20.8 Å².